The summed E-state index contributed by atoms with van der Waals surface area (Å²) in [5.74, 6) is -0.349. The van der Waals surface area contributed by atoms with Gasteiger partial charge in [-0.1, -0.05) is 0 Å². The first kappa shape index (κ1) is 15.3. The Morgan fingerprint density at radius 1 is 1.20 bits per heavy atom. The van der Waals surface area contributed by atoms with E-state index in [4.69, 9.17) is 9.84 Å². The van der Waals surface area contributed by atoms with Gasteiger partial charge in [-0.25, -0.2) is 0 Å². The van der Waals surface area contributed by atoms with Crippen LogP contribution in [0.1, 0.15) is 51.9 Å². The Morgan fingerprint density at radius 2 is 1.85 bits per heavy atom. The molecule has 0 radical (unpaired) electrons. The number of carbonyl (C=O) groups excluding carboxylic acids is 1. The summed E-state index contributed by atoms with van der Waals surface area (Å²) >= 11 is 0. The second-order valence-electron chi connectivity index (χ2n) is 6.07. The molecule has 0 aromatic carbocycles. The fraction of sp³-hybridized carbons (Fsp3) is 0.867. The van der Waals surface area contributed by atoms with Crippen molar-refractivity contribution in [2.24, 2.45) is 11.8 Å². The average Bonchev–Trinajstić information content (AvgIpc) is 2.37. The van der Waals surface area contributed by atoms with E-state index in [1.807, 2.05) is 6.92 Å². The van der Waals surface area contributed by atoms with Gasteiger partial charge in [0.05, 0.1) is 12.0 Å². The Balaban J connectivity index is 1.60. The van der Waals surface area contributed by atoms with Gasteiger partial charge in [0, 0.05) is 19.1 Å². The summed E-state index contributed by atoms with van der Waals surface area (Å²) in [5.41, 5.74) is 0. The van der Waals surface area contributed by atoms with Crippen molar-refractivity contribution < 1.29 is 19.4 Å². The summed E-state index contributed by atoms with van der Waals surface area (Å²) in [4.78, 5) is 22.8. The van der Waals surface area contributed by atoms with Crippen LogP contribution in [0.4, 0.5) is 0 Å². The van der Waals surface area contributed by atoms with Crippen molar-refractivity contribution in [1.82, 2.24) is 5.32 Å². The van der Waals surface area contributed by atoms with Gasteiger partial charge in [0.1, 0.15) is 0 Å². The van der Waals surface area contributed by atoms with Crippen LogP contribution < -0.4 is 5.32 Å². The molecule has 20 heavy (non-hydrogen) atoms. The van der Waals surface area contributed by atoms with Gasteiger partial charge in [-0.15, -0.1) is 0 Å². The van der Waals surface area contributed by atoms with E-state index in [-0.39, 0.29) is 17.9 Å². The average molecular weight is 283 g/mol. The number of carboxylic acid groups (broad SMARTS) is 1. The quantitative estimate of drug-likeness (QED) is 0.781. The highest BCUT2D eigenvalue weighted by atomic mass is 16.5. The lowest BCUT2D eigenvalue weighted by Crippen LogP contribution is -2.41. The second-order valence-corrected chi connectivity index (χ2v) is 6.07. The molecular formula is C15H25NO4. The predicted octanol–water partition coefficient (Wildman–Crippen LogP) is 1.95. The van der Waals surface area contributed by atoms with E-state index < -0.39 is 5.97 Å². The first-order valence-corrected chi connectivity index (χ1v) is 7.72. The molecule has 2 fully saturated rings. The highest BCUT2D eigenvalue weighted by Crippen LogP contribution is 2.33. The van der Waals surface area contributed by atoms with E-state index in [0.29, 0.717) is 31.3 Å². The molecule has 2 aliphatic rings. The third kappa shape index (κ3) is 4.20. The Bertz CT molecular complexity index is 344. The summed E-state index contributed by atoms with van der Waals surface area (Å²) in [6.45, 7) is 2.74. The zero-order valence-electron chi connectivity index (χ0n) is 12.1. The number of hydrogen-bond acceptors (Lipinski definition) is 3. The molecule has 2 N–H and O–H groups in total. The fourth-order valence-electron chi connectivity index (χ4n) is 3.25. The third-order valence-corrected chi connectivity index (χ3v) is 4.51. The van der Waals surface area contributed by atoms with Gasteiger partial charge >= 0.3 is 5.97 Å². The number of carboxylic acids is 1. The molecule has 5 heteroatoms. The van der Waals surface area contributed by atoms with Gasteiger partial charge in [-0.2, -0.15) is 0 Å². The lowest BCUT2D eigenvalue weighted by molar-refractivity contribution is -0.142. The number of nitrogens with one attached hydrogen (secondary N) is 1. The Kier molecular flexibility index (Phi) is 5.40. The zero-order chi connectivity index (χ0) is 14.5. The van der Waals surface area contributed by atoms with Crippen LogP contribution in [0.2, 0.25) is 0 Å². The largest absolute Gasteiger partial charge is 0.481 e. The third-order valence-electron chi connectivity index (χ3n) is 4.51. The maximum Gasteiger partial charge on any atom is 0.306 e. The molecule has 0 aliphatic heterocycles. The van der Waals surface area contributed by atoms with Crippen molar-refractivity contribution in [2.75, 3.05) is 6.61 Å². The first-order valence-electron chi connectivity index (χ1n) is 7.72. The summed E-state index contributed by atoms with van der Waals surface area (Å²) in [5, 5.41) is 12.0. The lowest BCUT2D eigenvalue weighted by atomic mass is 9.79. The molecule has 0 saturated heterocycles. The predicted molar refractivity (Wildman–Crippen MR) is 74.3 cm³/mol. The minimum atomic E-state index is -0.703. The summed E-state index contributed by atoms with van der Waals surface area (Å²) in [6, 6.07) is 0.167. The van der Waals surface area contributed by atoms with Crippen molar-refractivity contribution in [3.05, 3.63) is 0 Å². The van der Waals surface area contributed by atoms with Crippen molar-refractivity contribution in [1.29, 1.82) is 0 Å². The topological polar surface area (TPSA) is 75.6 Å². The molecule has 0 heterocycles. The fourth-order valence-corrected chi connectivity index (χ4v) is 3.25. The molecule has 0 aromatic heterocycles. The van der Waals surface area contributed by atoms with Crippen LogP contribution in [-0.2, 0) is 14.3 Å². The van der Waals surface area contributed by atoms with Crippen molar-refractivity contribution in [3.8, 4) is 0 Å². The van der Waals surface area contributed by atoms with Crippen LogP contribution in [0, 0.1) is 11.8 Å². The van der Waals surface area contributed by atoms with Crippen LogP contribution in [0.25, 0.3) is 0 Å². The minimum absolute atomic E-state index is 0.115. The molecule has 0 unspecified atom stereocenters. The molecule has 0 spiro atoms. The number of rotatable bonds is 6. The number of amides is 1. The zero-order valence-corrected chi connectivity index (χ0v) is 12.1. The van der Waals surface area contributed by atoms with Gasteiger partial charge in [0.15, 0.2) is 0 Å². The van der Waals surface area contributed by atoms with Crippen molar-refractivity contribution in [2.45, 2.75) is 64.0 Å². The molecule has 2 saturated carbocycles. The maximum absolute atomic E-state index is 11.9. The maximum atomic E-state index is 11.9. The standard InChI is InChI=1S/C15H25NO4/c1-2-20-13-7-10(8-13)9-14(17)16-12-5-3-11(4-6-12)15(18)19/h10-13H,2-9H2,1H3,(H,16,17)(H,18,19). The molecule has 0 aromatic rings. The van der Waals surface area contributed by atoms with Crippen molar-refractivity contribution in [3.63, 3.8) is 0 Å². The number of hydrogen-bond donors (Lipinski definition) is 2. The summed E-state index contributed by atoms with van der Waals surface area (Å²) in [6.07, 6.45) is 5.85. The van der Waals surface area contributed by atoms with E-state index >= 15 is 0 Å². The van der Waals surface area contributed by atoms with Crippen LogP contribution in [0.5, 0.6) is 0 Å². The van der Waals surface area contributed by atoms with Gasteiger partial charge < -0.3 is 15.2 Å². The van der Waals surface area contributed by atoms with E-state index in [9.17, 15) is 9.59 Å². The molecular weight excluding hydrogens is 258 g/mol. The Hall–Kier alpha value is -1.10. The van der Waals surface area contributed by atoms with Gasteiger partial charge in [-0.3, -0.25) is 9.59 Å². The lowest BCUT2D eigenvalue weighted by Gasteiger charge is -2.35. The van der Waals surface area contributed by atoms with E-state index in [0.717, 1.165) is 32.3 Å². The van der Waals surface area contributed by atoms with E-state index in [2.05, 4.69) is 5.32 Å². The van der Waals surface area contributed by atoms with Gasteiger partial charge in [-0.05, 0) is 51.4 Å². The summed E-state index contributed by atoms with van der Waals surface area (Å²) in [7, 11) is 0. The normalized spacial score (nSPS) is 33.2. The van der Waals surface area contributed by atoms with Gasteiger partial charge in [0.25, 0.3) is 0 Å². The smallest absolute Gasteiger partial charge is 0.306 e. The monoisotopic (exact) mass is 283 g/mol. The van der Waals surface area contributed by atoms with Crippen LogP contribution in [0.3, 0.4) is 0 Å². The highest BCUT2D eigenvalue weighted by Gasteiger charge is 2.32. The highest BCUT2D eigenvalue weighted by molar-refractivity contribution is 5.76. The van der Waals surface area contributed by atoms with E-state index in [1.165, 1.54) is 0 Å². The molecule has 114 valence electrons. The second kappa shape index (κ2) is 7.07. The van der Waals surface area contributed by atoms with Crippen LogP contribution in [-0.4, -0.2) is 35.7 Å². The number of carbonyl (C=O) groups is 2. The van der Waals surface area contributed by atoms with E-state index in [1.54, 1.807) is 0 Å². The molecule has 0 bridgehead atoms. The molecule has 2 aliphatic carbocycles. The minimum Gasteiger partial charge on any atom is -0.481 e. The SMILES string of the molecule is CCOC1CC(CC(=O)NC2CCC(C(=O)O)CC2)C1. The Morgan fingerprint density at radius 3 is 2.40 bits per heavy atom. The molecule has 2 rings (SSSR count). The number of aliphatic carboxylic acids is 1. The van der Waals surface area contributed by atoms with Gasteiger partial charge in [0.2, 0.25) is 5.91 Å². The van der Waals surface area contributed by atoms with Crippen LogP contribution in [0.15, 0.2) is 0 Å². The van der Waals surface area contributed by atoms with Crippen molar-refractivity contribution >= 4 is 11.9 Å². The van der Waals surface area contributed by atoms with Crippen LogP contribution >= 0.6 is 0 Å². The Labute approximate surface area is 120 Å². The molecule has 0 atom stereocenters. The molecule has 1 amide bonds. The summed E-state index contributed by atoms with van der Waals surface area (Å²) < 4.78 is 5.49. The molecule has 5 nitrogen and oxygen atoms in total. The number of ether oxygens (including phenoxy) is 1. The first-order chi connectivity index (χ1) is 9.58.